The summed E-state index contributed by atoms with van der Waals surface area (Å²) in [5, 5.41) is 0. The number of esters is 1. The fraction of sp³-hybridized carbons (Fsp3) is 0.706. The van der Waals surface area contributed by atoms with E-state index < -0.39 is 0 Å². The number of rotatable bonds is 7. The molecule has 1 aromatic rings. The normalized spacial score (nSPS) is 37.8. The number of ether oxygens (including phenoxy) is 1. The quantitative estimate of drug-likeness (QED) is 0.276. The van der Waals surface area contributed by atoms with Crippen LogP contribution in [0.15, 0.2) is 42.0 Å². The van der Waals surface area contributed by atoms with Crippen molar-refractivity contribution in [1.82, 2.24) is 0 Å². The fourth-order valence-corrected chi connectivity index (χ4v) is 9.12. The minimum absolute atomic E-state index is 0.00114. The van der Waals surface area contributed by atoms with Crippen molar-refractivity contribution in [3.8, 4) is 0 Å². The minimum Gasteiger partial charge on any atom is -0.459 e. The molecular formula is C34H48O3. The lowest BCUT2D eigenvalue weighted by molar-refractivity contribution is -0.123. The van der Waals surface area contributed by atoms with Crippen LogP contribution in [-0.2, 0) is 9.53 Å². The van der Waals surface area contributed by atoms with E-state index in [1.54, 1.807) is 0 Å². The van der Waals surface area contributed by atoms with Gasteiger partial charge in [0.25, 0.3) is 0 Å². The first-order valence-electron chi connectivity index (χ1n) is 15.1. The van der Waals surface area contributed by atoms with Gasteiger partial charge in [-0.25, -0.2) is 4.79 Å². The molecule has 202 valence electrons. The average molecular weight is 505 g/mol. The molecule has 0 radical (unpaired) electrons. The Morgan fingerprint density at radius 2 is 1.76 bits per heavy atom. The molecule has 0 unspecified atom stereocenters. The molecule has 1 aromatic carbocycles. The first kappa shape index (κ1) is 26.7. The van der Waals surface area contributed by atoms with E-state index in [4.69, 9.17) is 4.74 Å². The molecule has 0 spiro atoms. The third-order valence-electron chi connectivity index (χ3n) is 11.3. The van der Waals surface area contributed by atoms with E-state index in [0.29, 0.717) is 35.0 Å². The van der Waals surface area contributed by atoms with Crippen LogP contribution in [0.1, 0.15) is 109 Å². The van der Waals surface area contributed by atoms with Crippen LogP contribution in [0.25, 0.3) is 0 Å². The molecule has 8 atom stereocenters. The summed E-state index contributed by atoms with van der Waals surface area (Å²) in [4.78, 5) is 26.3. The molecule has 3 saturated carbocycles. The number of hydrogen-bond acceptors (Lipinski definition) is 3. The van der Waals surface area contributed by atoms with Crippen LogP contribution in [0.2, 0.25) is 0 Å². The Kier molecular flexibility index (Phi) is 7.46. The Hall–Kier alpha value is -1.90. The molecule has 5 rings (SSSR count). The Morgan fingerprint density at radius 3 is 2.49 bits per heavy atom. The topological polar surface area (TPSA) is 43.4 Å². The van der Waals surface area contributed by atoms with Crippen molar-refractivity contribution in [2.24, 2.45) is 46.3 Å². The molecule has 0 saturated heterocycles. The summed E-state index contributed by atoms with van der Waals surface area (Å²) in [6, 6.07) is 9.37. The van der Waals surface area contributed by atoms with Gasteiger partial charge < -0.3 is 4.74 Å². The zero-order valence-corrected chi connectivity index (χ0v) is 23.8. The van der Waals surface area contributed by atoms with E-state index in [2.05, 4.69) is 40.7 Å². The lowest BCUT2D eigenvalue weighted by atomic mass is 9.47. The van der Waals surface area contributed by atoms with Crippen molar-refractivity contribution in [2.45, 2.75) is 105 Å². The monoisotopic (exact) mass is 504 g/mol. The van der Waals surface area contributed by atoms with Gasteiger partial charge in [-0.2, -0.15) is 0 Å². The summed E-state index contributed by atoms with van der Waals surface area (Å²) >= 11 is 0. The van der Waals surface area contributed by atoms with Crippen molar-refractivity contribution >= 4 is 11.8 Å². The molecule has 4 aliphatic carbocycles. The van der Waals surface area contributed by atoms with Crippen molar-refractivity contribution < 1.29 is 14.3 Å². The molecule has 0 heterocycles. The van der Waals surface area contributed by atoms with Gasteiger partial charge in [-0.1, -0.05) is 83.7 Å². The highest BCUT2D eigenvalue weighted by Gasteiger charge is 2.61. The van der Waals surface area contributed by atoms with E-state index in [1.807, 2.05) is 30.3 Å². The Bertz CT molecular complexity index is 1020. The van der Waals surface area contributed by atoms with Gasteiger partial charge in [0.05, 0.1) is 5.56 Å². The van der Waals surface area contributed by atoms with Crippen molar-refractivity contribution in [3.05, 3.63) is 47.5 Å². The van der Waals surface area contributed by atoms with Gasteiger partial charge in [-0.3, -0.25) is 4.79 Å². The van der Waals surface area contributed by atoms with Gasteiger partial charge in [-0.15, -0.1) is 0 Å². The lowest BCUT2D eigenvalue weighted by Crippen LogP contribution is -2.51. The number of hydrogen-bond donors (Lipinski definition) is 0. The molecule has 3 heteroatoms. The number of carbonyl (C=O) groups is 2. The minimum atomic E-state index is -0.195. The average Bonchev–Trinajstić information content (AvgIpc) is 3.15. The summed E-state index contributed by atoms with van der Waals surface area (Å²) in [7, 11) is 0. The highest BCUT2D eigenvalue weighted by atomic mass is 16.5. The van der Waals surface area contributed by atoms with E-state index in [-0.39, 0.29) is 28.8 Å². The highest BCUT2D eigenvalue weighted by molar-refractivity contribution is 5.89. The number of ketones is 1. The molecule has 0 amide bonds. The molecule has 3 nitrogen and oxygen atoms in total. The second-order valence-electron chi connectivity index (χ2n) is 13.9. The van der Waals surface area contributed by atoms with E-state index >= 15 is 0 Å². The van der Waals surface area contributed by atoms with E-state index in [9.17, 15) is 9.59 Å². The summed E-state index contributed by atoms with van der Waals surface area (Å²) in [6.07, 6.45) is 13.5. The Labute approximate surface area is 224 Å². The van der Waals surface area contributed by atoms with Crippen LogP contribution < -0.4 is 0 Å². The van der Waals surface area contributed by atoms with Gasteiger partial charge in [0.1, 0.15) is 11.9 Å². The maximum absolute atomic E-state index is 13.6. The maximum Gasteiger partial charge on any atom is 0.338 e. The van der Waals surface area contributed by atoms with Crippen LogP contribution >= 0.6 is 0 Å². The predicted molar refractivity (Wildman–Crippen MR) is 149 cm³/mol. The smallest absolute Gasteiger partial charge is 0.338 e. The predicted octanol–water partition coefficient (Wildman–Crippen LogP) is 8.43. The van der Waals surface area contributed by atoms with Crippen LogP contribution in [0, 0.1) is 46.3 Å². The molecule has 37 heavy (non-hydrogen) atoms. The third-order valence-corrected chi connectivity index (χ3v) is 11.3. The molecule has 0 aromatic heterocycles. The third kappa shape index (κ3) is 4.85. The summed E-state index contributed by atoms with van der Waals surface area (Å²) in [5.41, 5.74) is 2.47. The van der Waals surface area contributed by atoms with Crippen molar-refractivity contribution in [1.29, 1.82) is 0 Å². The number of carbonyl (C=O) groups excluding carboxylic acids is 2. The SMILES string of the molecule is CC(C)CCC[C@@H](C)[C@H]1CC(=O)[C@H]2C3=CC[C@H]4C[C@@H](OC(=O)c5ccccc5)CC[C@]4(C)[C@H]3CC[C@@]21C. The number of fused-ring (bicyclic) bond motifs is 5. The van der Waals surface area contributed by atoms with Gasteiger partial charge >= 0.3 is 5.97 Å². The number of benzene rings is 1. The molecule has 0 aliphatic heterocycles. The fourth-order valence-electron chi connectivity index (χ4n) is 9.12. The lowest BCUT2D eigenvalue weighted by Gasteiger charge is -2.57. The van der Waals surface area contributed by atoms with E-state index in [1.165, 1.54) is 37.7 Å². The first-order chi connectivity index (χ1) is 17.6. The van der Waals surface area contributed by atoms with Crippen LogP contribution in [0.5, 0.6) is 0 Å². The van der Waals surface area contributed by atoms with E-state index in [0.717, 1.165) is 38.0 Å². The number of Topliss-reactive ketones (excluding diaryl/α,β-unsaturated/α-hetero) is 1. The Morgan fingerprint density at radius 1 is 1.03 bits per heavy atom. The van der Waals surface area contributed by atoms with Gasteiger partial charge in [-0.05, 0) is 91.1 Å². The summed E-state index contributed by atoms with van der Waals surface area (Å²) in [5.74, 6) is 3.40. The zero-order chi connectivity index (χ0) is 26.4. The van der Waals surface area contributed by atoms with Gasteiger partial charge in [0.15, 0.2) is 0 Å². The van der Waals surface area contributed by atoms with Crippen molar-refractivity contribution in [2.75, 3.05) is 0 Å². The zero-order valence-electron chi connectivity index (χ0n) is 23.8. The summed E-state index contributed by atoms with van der Waals surface area (Å²) < 4.78 is 5.98. The standard InChI is InChI=1S/C34H48O3/c1-22(2)10-9-11-23(3)29-21-30(35)31-27-15-14-25-20-26(37-32(36)24-12-7-6-8-13-24)16-18-33(25,4)28(27)17-19-34(29,31)5/h6-8,12-13,15,22-23,25-26,28-29,31H,9-11,14,16-21H2,1-5H3/t23-,25+,26+,28+,29-,31-,33+,34-/m1/s1. The maximum atomic E-state index is 13.6. The van der Waals surface area contributed by atoms with Crippen molar-refractivity contribution in [3.63, 3.8) is 0 Å². The first-order valence-corrected chi connectivity index (χ1v) is 15.1. The Balaban J connectivity index is 1.29. The summed E-state index contributed by atoms with van der Waals surface area (Å²) in [6.45, 7) is 12.0. The number of allylic oxidation sites excluding steroid dienone is 2. The molecule has 4 aliphatic rings. The van der Waals surface area contributed by atoms with Crippen LogP contribution in [0.4, 0.5) is 0 Å². The van der Waals surface area contributed by atoms with Crippen LogP contribution in [-0.4, -0.2) is 17.9 Å². The molecule has 0 N–H and O–H groups in total. The molecule has 3 fully saturated rings. The second-order valence-corrected chi connectivity index (χ2v) is 13.9. The molecular weight excluding hydrogens is 456 g/mol. The van der Waals surface area contributed by atoms with Crippen LogP contribution in [0.3, 0.4) is 0 Å². The van der Waals surface area contributed by atoms with Gasteiger partial charge in [0, 0.05) is 12.3 Å². The second kappa shape index (κ2) is 10.3. The largest absolute Gasteiger partial charge is 0.459 e. The molecule has 0 bridgehead atoms. The van der Waals surface area contributed by atoms with Gasteiger partial charge in [0.2, 0.25) is 0 Å². The highest BCUT2D eigenvalue weighted by Crippen LogP contribution is 2.66.